The lowest BCUT2D eigenvalue weighted by Crippen LogP contribution is -2.35. The highest BCUT2D eigenvalue weighted by Crippen LogP contribution is 2.59. The first-order valence-electron chi connectivity index (χ1n) is 12.8. The molecule has 2 aliphatic heterocycles. The summed E-state index contributed by atoms with van der Waals surface area (Å²) in [6.07, 6.45) is -5.53. The largest absolute Gasteiger partial charge is 0.389 e. The number of nitrogens with zero attached hydrogens (tertiary/aromatic N) is 7. The highest BCUT2D eigenvalue weighted by atomic mass is 32.7. The van der Waals surface area contributed by atoms with Crippen LogP contribution in [0.5, 0.6) is 0 Å². The molecule has 2 unspecified atom stereocenters. The van der Waals surface area contributed by atoms with Gasteiger partial charge in [0.25, 0.3) is 5.56 Å². The van der Waals surface area contributed by atoms with Crippen LogP contribution in [0.2, 0.25) is 0 Å². The van der Waals surface area contributed by atoms with E-state index < -0.39 is 73.6 Å². The van der Waals surface area contributed by atoms with Gasteiger partial charge in [0.2, 0.25) is 13.2 Å². The van der Waals surface area contributed by atoms with E-state index in [1.54, 1.807) is 0 Å². The number of hydrogen-bond donors (Lipinski definition) is 7. The number of halogens is 1. The molecule has 0 aromatic carbocycles. The molecular formula is C20H25FN10O9P2S3. The van der Waals surface area contributed by atoms with Gasteiger partial charge in [-0.05, 0) is 0 Å². The number of aliphatic hydroxyl groups excluding tert-OH is 2. The molecule has 0 aliphatic carbocycles. The minimum atomic E-state index is -4.39. The fraction of sp³-hybridized carbons (Fsp3) is 0.500. The van der Waals surface area contributed by atoms with Crippen molar-refractivity contribution in [2.24, 2.45) is 0 Å². The number of alkyl halides is 1. The van der Waals surface area contributed by atoms with Crippen LogP contribution in [0.15, 0.2) is 23.8 Å². The van der Waals surface area contributed by atoms with Crippen molar-refractivity contribution in [3.8, 4) is 0 Å². The molecule has 0 saturated carbocycles. The summed E-state index contributed by atoms with van der Waals surface area (Å²) < 4.78 is 64.6. The van der Waals surface area contributed by atoms with Crippen LogP contribution in [0.1, 0.15) is 11.6 Å². The van der Waals surface area contributed by atoms with Gasteiger partial charge in [-0.25, -0.2) is 28.9 Å². The fourth-order valence-electron chi connectivity index (χ4n) is 4.95. The van der Waals surface area contributed by atoms with Gasteiger partial charge in [-0.15, -0.1) is 11.8 Å². The summed E-state index contributed by atoms with van der Waals surface area (Å²) in [5, 5.41) is 20.0. The minimum Gasteiger partial charge on any atom is -0.389 e. The van der Waals surface area contributed by atoms with Crippen LogP contribution in [0.3, 0.4) is 0 Å². The summed E-state index contributed by atoms with van der Waals surface area (Å²) in [6, 6.07) is 0. The molecule has 4 aromatic rings. The molecule has 0 spiro atoms. The number of nitrogens with one attached hydrogen (secondary N) is 1. The van der Waals surface area contributed by atoms with Crippen molar-refractivity contribution in [1.82, 2.24) is 39.0 Å². The Hall–Kier alpha value is -2.30. The molecule has 0 amide bonds. The van der Waals surface area contributed by atoms with E-state index in [1.165, 1.54) is 21.8 Å². The second-order valence-electron chi connectivity index (χ2n) is 9.83. The second-order valence-corrected chi connectivity index (χ2v) is 16.0. The first kappa shape index (κ1) is 32.6. The summed E-state index contributed by atoms with van der Waals surface area (Å²) in [7, 11) is -2.67. The summed E-state index contributed by atoms with van der Waals surface area (Å²) >= 11 is 8.85. The van der Waals surface area contributed by atoms with E-state index in [2.05, 4.69) is 54.4 Å². The maximum absolute atomic E-state index is 15.2. The summed E-state index contributed by atoms with van der Waals surface area (Å²) in [4.78, 5) is 34.8. The van der Waals surface area contributed by atoms with E-state index in [9.17, 15) is 24.1 Å². The van der Waals surface area contributed by atoms with E-state index in [0.29, 0.717) is 0 Å². The zero-order chi connectivity index (χ0) is 32.2. The molecule has 244 valence electrons. The molecule has 2 aliphatic rings. The fourth-order valence-corrected chi connectivity index (χ4v) is 8.65. The van der Waals surface area contributed by atoms with E-state index in [1.807, 2.05) is 0 Å². The average Bonchev–Trinajstić information content (AvgIpc) is 3.73. The SMILES string of the molecule is Nc1nc2c(ncn2[C@@H]2S[C@H](CO[PH](=O)S)[C@@H](O)[C@H]2OP(=O)(S)OC[C@H]2O[C@@H](n3cnc4c(N)ncnc43)[C@@H](F)[C@@H]2O)c(=O)[nH]1. The predicted molar refractivity (Wildman–Crippen MR) is 165 cm³/mol. The zero-order valence-electron chi connectivity index (χ0n) is 22.4. The van der Waals surface area contributed by atoms with E-state index in [4.69, 9.17) is 29.8 Å². The number of rotatable bonds is 10. The first-order valence-corrected chi connectivity index (χ1v) is 19.1. The third-order valence-corrected chi connectivity index (χ3v) is 11.0. The van der Waals surface area contributed by atoms with Gasteiger partial charge in [0.05, 0.1) is 37.2 Å². The molecule has 2 saturated heterocycles. The van der Waals surface area contributed by atoms with Crippen molar-refractivity contribution >= 4 is 84.4 Å². The monoisotopic (exact) mass is 726 g/mol. The lowest BCUT2D eigenvalue weighted by atomic mass is 10.1. The highest BCUT2D eigenvalue weighted by molar-refractivity contribution is 8.44. The number of imidazole rings is 2. The van der Waals surface area contributed by atoms with Crippen LogP contribution in [0.4, 0.5) is 16.2 Å². The lowest BCUT2D eigenvalue weighted by Gasteiger charge is -2.26. The minimum absolute atomic E-state index is 0.0374. The predicted octanol–water partition coefficient (Wildman–Crippen LogP) is 0.471. The number of aromatic amines is 1. The van der Waals surface area contributed by atoms with Gasteiger partial charge in [-0.1, -0.05) is 24.5 Å². The first-order chi connectivity index (χ1) is 21.3. The topological polar surface area (TPSA) is 271 Å². The molecule has 25 heteroatoms. The van der Waals surface area contributed by atoms with Crippen LogP contribution in [0.25, 0.3) is 22.3 Å². The molecule has 10 atom stereocenters. The number of H-pyrrole nitrogens is 1. The summed E-state index contributed by atoms with van der Waals surface area (Å²) in [5.41, 5.74) is 11.2. The zero-order valence-corrected chi connectivity index (χ0v) is 26.9. The molecule has 6 heterocycles. The van der Waals surface area contributed by atoms with Crippen molar-refractivity contribution in [3.63, 3.8) is 0 Å². The Labute approximate surface area is 266 Å². The molecule has 4 aromatic heterocycles. The van der Waals surface area contributed by atoms with Gasteiger partial charge in [0, 0.05) is 0 Å². The van der Waals surface area contributed by atoms with Crippen molar-refractivity contribution in [1.29, 1.82) is 0 Å². The Balaban J connectivity index is 1.20. The number of thioether (sulfide) groups is 1. The van der Waals surface area contributed by atoms with Crippen molar-refractivity contribution < 1.29 is 42.0 Å². The number of thiol groups is 2. The van der Waals surface area contributed by atoms with Crippen LogP contribution < -0.4 is 17.0 Å². The summed E-state index contributed by atoms with van der Waals surface area (Å²) in [6.45, 7) is -5.26. The number of nitrogens with two attached hydrogens (primary N) is 2. The molecule has 0 bridgehead atoms. The van der Waals surface area contributed by atoms with Gasteiger partial charge in [0.1, 0.15) is 35.5 Å². The van der Waals surface area contributed by atoms with Crippen LogP contribution in [0, 0.1) is 0 Å². The van der Waals surface area contributed by atoms with Crippen LogP contribution in [-0.4, -0.2) is 98.3 Å². The number of aliphatic hydroxyl groups is 2. The number of nitrogen functional groups attached to an aromatic ring is 2. The van der Waals surface area contributed by atoms with Crippen molar-refractivity contribution in [3.05, 3.63) is 29.3 Å². The molecule has 6 rings (SSSR count). The van der Waals surface area contributed by atoms with E-state index in [-0.39, 0.29) is 40.7 Å². The average molecular weight is 727 g/mol. The Kier molecular flexibility index (Phi) is 9.22. The number of hydrogen-bond acceptors (Lipinski definition) is 17. The molecule has 45 heavy (non-hydrogen) atoms. The third-order valence-electron chi connectivity index (χ3n) is 7.02. The number of ether oxygens (including phenoxy) is 1. The highest BCUT2D eigenvalue weighted by Gasteiger charge is 2.50. The number of fused-ring (bicyclic) bond motifs is 2. The second kappa shape index (κ2) is 12.7. The van der Waals surface area contributed by atoms with E-state index >= 15 is 4.39 Å². The summed E-state index contributed by atoms with van der Waals surface area (Å²) in [5.74, 6) is -0.138. The molecule has 7 N–H and O–H groups in total. The lowest BCUT2D eigenvalue weighted by molar-refractivity contribution is -0.0456. The maximum Gasteiger partial charge on any atom is 0.386 e. The Morgan fingerprint density at radius 1 is 1.13 bits per heavy atom. The Bertz CT molecular complexity index is 1870. The van der Waals surface area contributed by atoms with Gasteiger partial charge in [-0.3, -0.25) is 32.5 Å². The molecule has 0 radical (unpaired) electrons. The van der Waals surface area contributed by atoms with E-state index in [0.717, 1.165) is 18.1 Å². The number of aromatic nitrogens is 8. The van der Waals surface area contributed by atoms with Crippen LogP contribution >= 0.6 is 50.3 Å². The quantitative estimate of drug-likeness (QED) is 0.0864. The van der Waals surface area contributed by atoms with Gasteiger partial charge < -0.3 is 30.9 Å². The van der Waals surface area contributed by atoms with Crippen LogP contribution in [-0.2, 0) is 27.4 Å². The van der Waals surface area contributed by atoms with Gasteiger partial charge >= 0.3 is 6.80 Å². The van der Waals surface area contributed by atoms with Gasteiger partial charge in [-0.2, -0.15) is 4.98 Å². The normalized spacial score (nSPS) is 30.7. The molecule has 2 fully saturated rings. The molecular weight excluding hydrogens is 701 g/mol. The Morgan fingerprint density at radius 2 is 1.87 bits per heavy atom. The Morgan fingerprint density at radius 3 is 2.62 bits per heavy atom. The maximum atomic E-state index is 15.2. The molecule has 19 nitrogen and oxygen atoms in total. The van der Waals surface area contributed by atoms with Crippen molar-refractivity contribution in [2.75, 3.05) is 24.7 Å². The third kappa shape index (κ3) is 6.35. The standard InChI is InChI=1S/C20H25FN10O9P2S3/c21-8-11(32)6(39-18(8)30-4-26-9-14(22)24-3-25-15(9)30)1-38-42(36,44)40-13-12(33)7(2-37-41(35)43)45-19(13)31-5-27-10-16(31)28-20(23)29-17(10)34/h3-8,11-13,18-19,32-33,41H,1-2H2,(H,35,43)(H,36,44)(H2,22,24,25)(H3,23,28,29,34)/t6-,7-,8+,11-,12-,13-,18-,19-,42?/m1/s1. The van der Waals surface area contributed by atoms with Crippen molar-refractivity contribution in [2.45, 2.75) is 47.4 Å². The number of anilines is 2. The smallest absolute Gasteiger partial charge is 0.386 e. The van der Waals surface area contributed by atoms with Gasteiger partial charge in [0.15, 0.2) is 35.0 Å².